The van der Waals surface area contributed by atoms with Crippen LogP contribution >= 0.6 is 0 Å². The molecule has 1 heterocycles. The van der Waals surface area contributed by atoms with Gasteiger partial charge in [0.1, 0.15) is 0 Å². The number of nitrogens with zero attached hydrogens (tertiary/aromatic N) is 1. The highest BCUT2D eigenvalue weighted by atomic mass is 15.5. The van der Waals surface area contributed by atoms with Crippen molar-refractivity contribution < 1.29 is 0 Å². The molecular formula is C15H30N6. The Bertz CT molecular complexity index is 295. The second kappa shape index (κ2) is 8.87. The average molecular weight is 294 g/mol. The van der Waals surface area contributed by atoms with Crippen molar-refractivity contribution in [1.82, 2.24) is 21.1 Å². The number of nitrogens with one attached hydrogen (secondary N) is 5. The molecule has 0 bridgehead atoms. The molecule has 0 spiro atoms. The molecule has 1 aliphatic heterocycles. The predicted molar refractivity (Wildman–Crippen MR) is 86.4 cm³/mol. The van der Waals surface area contributed by atoms with Crippen LogP contribution in [0.25, 0.3) is 0 Å². The number of rotatable bonds is 2. The van der Waals surface area contributed by atoms with Gasteiger partial charge >= 0.3 is 0 Å². The zero-order valence-electron chi connectivity index (χ0n) is 13.0. The van der Waals surface area contributed by atoms with Crippen molar-refractivity contribution in [3.63, 3.8) is 0 Å². The molecule has 1 aliphatic carbocycles. The maximum Gasteiger partial charge on any atom is 0.210 e. The summed E-state index contributed by atoms with van der Waals surface area (Å²) in [7, 11) is 0. The largest absolute Gasteiger partial charge is 0.353 e. The smallest absolute Gasteiger partial charge is 0.210 e. The Morgan fingerprint density at radius 1 is 0.762 bits per heavy atom. The van der Waals surface area contributed by atoms with E-state index in [9.17, 15) is 0 Å². The third-order valence-electron chi connectivity index (χ3n) is 4.33. The third kappa shape index (κ3) is 6.33. The summed E-state index contributed by atoms with van der Waals surface area (Å²) in [6, 6.07) is 0.387. The molecule has 1 saturated heterocycles. The molecule has 2 fully saturated rings. The zero-order valence-corrected chi connectivity index (χ0v) is 13.0. The Balaban J connectivity index is 1.67. The van der Waals surface area contributed by atoms with Crippen LogP contribution in [-0.4, -0.2) is 36.1 Å². The number of hydrogen-bond acceptors (Lipinski definition) is 3. The number of hydrazine groups is 1. The predicted octanol–water partition coefficient (Wildman–Crippen LogP) is 2.14. The van der Waals surface area contributed by atoms with Crippen molar-refractivity contribution in [3.05, 3.63) is 0 Å². The van der Waals surface area contributed by atoms with Gasteiger partial charge in [-0.1, -0.05) is 38.5 Å². The van der Waals surface area contributed by atoms with Crippen LogP contribution in [0.4, 0.5) is 0 Å². The van der Waals surface area contributed by atoms with E-state index in [1.54, 1.807) is 0 Å². The monoisotopic (exact) mass is 294 g/mol. The molecule has 0 amide bonds. The fourth-order valence-corrected chi connectivity index (χ4v) is 3.16. The van der Waals surface area contributed by atoms with Gasteiger partial charge in [0.2, 0.25) is 5.96 Å². The molecule has 120 valence electrons. The van der Waals surface area contributed by atoms with Gasteiger partial charge in [-0.05, 0) is 25.7 Å². The lowest BCUT2D eigenvalue weighted by molar-refractivity contribution is 0.242. The molecule has 0 aromatic rings. The van der Waals surface area contributed by atoms with Crippen molar-refractivity contribution in [2.24, 2.45) is 0 Å². The Hall–Kier alpha value is -1.30. The molecular weight excluding hydrogens is 264 g/mol. The first-order valence-electron chi connectivity index (χ1n) is 8.46. The Morgan fingerprint density at radius 3 is 1.95 bits per heavy atom. The summed E-state index contributed by atoms with van der Waals surface area (Å²) < 4.78 is 0. The molecule has 0 radical (unpaired) electrons. The summed E-state index contributed by atoms with van der Waals surface area (Å²) in [6.45, 7) is 1.96. The van der Waals surface area contributed by atoms with E-state index in [0.29, 0.717) is 6.04 Å². The standard InChI is InChI=1S/C15H30N6/c16-14(18-13-9-5-1-2-6-10-13)19-15(17)20-21-11-7-3-4-8-12-21/h13H,1-12H2,(H5,16,17,18,19,20). The van der Waals surface area contributed by atoms with Crippen LogP contribution in [0, 0.1) is 10.8 Å². The highest BCUT2D eigenvalue weighted by Crippen LogP contribution is 2.16. The van der Waals surface area contributed by atoms with E-state index in [0.717, 1.165) is 25.9 Å². The number of guanidine groups is 2. The van der Waals surface area contributed by atoms with Crippen LogP contribution in [0.5, 0.6) is 0 Å². The summed E-state index contributed by atoms with van der Waals surface area (Å²) in [6.07, 6.45) is 12.3. The molecule has 5 N–H and O–H groups in total. The van der Waals surface area contributed by atoms with Gasteiger partial charge in [-0.3, -0.25) is 21.6 Å². The summed E-state index contributed by atoms with van der Waals surface area (Å²) in [5.41, 5.74) is 3.06. The van der Waals surface area contributed by atoms with Gasteiger partial charge in [-0.2, -0.15) is 0 Å². The molecule has 0 unspecified atom stereocenters. The van der Waals surface area contributed by atoms with Gasteiger partial charge in [0.25, 0.3) is 0 Å². The minimum Gasteiger partial charge on any atom is -0.353 e. The van der Waals surface area contributed by atoms with Crippen molar-refractivity contribution >= 4 is 11.9 Å². The average Bonchev–Trinajstić information content (AvgIpc) is 2.83. The quantitative estimate of drug-likeness (QED) is 0.307. The topological polar surface area (TPSA) is 87.0 Å². The maximum atomic E-state index is 7.97. The first-order valence-corrected chi connectivity index (χ1v) is 8.46. The van der Waals surface area contributed by atoms with Crippen molar-refractivity contribution in [1.29, 1.82) is 10.8 Å². The highest BCUT2D eigenvalue weighted by Gasteiger charge is 2.14. The van der Waals surface area contributed by atoms with Gasteiger partial charge in [-0.15, -0.1) is 0 Å². The molecule has 2 rings (SSSR count). The first kappa shape index (κ1) is 16.1. The van der Waals surface area contributed by atoms with E-state index in [2.05, 4.69) is 21.1 Å². The number of hydrogen-bond donors (Lipinski definition) is 5. The van der Waals surface area contributed by atoms with Gasteiger partial charge in [0, 0.05) is 19.1 Å². The summed E-state index contributed by atoms with van der Waals surface area (Å²) in [5, 5.41) is 24.0. The van der Waals surface area contributed by atoms with Gasteiger partial charge in [-0.25, -0.2) is 5.01 Å². The fourth-order valence-electron chi connectivity index (χ4n) is 3.16. The van der Waals surface area contributed by atoms with Crippen LogP contribution in [-0.2, 0) is 0 Å². The van der Waals surface area contributed by atoms with E-state index in [-0.39, 0.29) is 11.9 Å². The molecule has 2 aliphatic rings. The fraction of sp³-hybridized carbons (Fsp3) is 0.867. The van der Waals surface area contributed by atoms with E-state index >= 15 is 0 Å². The van der Waals surface area contributed by atoms with Gasteiger partial charge < -0.3 is 5.32 Å². The molecule has 6 nitrogen and oxygen atoms in total. The minimum atomic E-state index is 0.197. The van der Waals surface area contributed by atoms with Crippen molar-refractivity contribution in [2.45, 2.75) is 70.3 Å². The van der Waals surface area contributed by atoms with Crippen molar-refractivity contribution in [3.8, 4) is 0 Å². The minimum absolute atomic E-state index is 0.197. The van der Waals surface area contributed by atoms with E-state index < -0.39 is 0 Å². The van der Waals surface area contributed by atoms with E-state index in [4.69, 9.17) is 10.8 Å². The lowest BCUT2D eigenvalue weighted by Crippen LogP contribution is -2.53. The van der Waals surface area contributed by atoms with E-state index in [1.807, 2.05) is 0 Å². The van der Waals surface area contributed by atoms with Crippen LogP contribution < -0.4 is 16.1 Å². The van der Waals surface area contributed by atoms with Gasteiger partial charge in [0.15, 0.2) is 5.96 Å². The van der Waals surface area contributed by atoms with E-state index in [1.165, 1.54) is 51.4 Å². The first-order chi connectivity index (χ1) is 10.2. The van der Waals surface area contributed by atoms with Crippen molar-refractivity contribution in [2.75, 3.05) is 13.1 Å². The summed E-state index contributed by atoms with van der Waals surface area (Å²) in [4.78, 5) is 0. The Morgan fingerprint density at radius 2 is 1.33 bits per heavy atom. The third-order valence-corrected chi connectivity index (χ3v) is 4.33. The second-order valence-corrected chi connectivity index (χ2v) is 6.22. The highest BCUT2D eigenvalue weighted by molar-refractivity contribution is 5.95. The van der Waals surface area contributed by atoms with Crippen LogP contribution in [0.15, 0.2) is 0 Å². The Labute approximate surface area is 128 Å². The zero-order chi connectivity index (χ0) is 14.9. The molecule has 0 aromatic heterocycles. The normalized spacial score (nSPS) is 21.9. The maximum absolute atomic E-state index is 7.97. The molecule has 6 heteroatoms. The van der Waals surface area contributed by atoms with Crippen LogP contribution in [0.2, 0.25) is 0 Å². The molecule has 0 aromatic carbocycles. The summed E-state index contributed by atoms with van der Waals surface area (Å²) in [5.74, 6) is 0.442. The van der Waals surface area contributed by atoms with Crippen LogP contribution in [0.3, 0.4) is 0 Å². The lowest BCUT2D eigenvalue weighted by Gasteiger charge is -2.24. The van der Waals surface area contributed by atoms with Gasteiger partial charge in [0.05, 0.1) is 0 Å². The molecule has 21 heavy (non-hydrogen) atoms. The molecule has 1 saturated carbocycles. The molecule has 0 atom stereocenters. The summed E-state index contributed by atoms with van der Waals surface area (Å²) >= 11 is 0. The SMILES string of the molecule is N=C(NC(=N)NN1CCCCCC1)NC1CCCCCC1. The Kier molecular flexibility index (Phi) is 6.79. The second-order valence-electron chi connectivity index (χ2n) is 6.22. The lowest BCUT2D eigenvalue weighted by atomic mass is 10.1. The van der Waals surface area contributed by atoms with Crippen LogP contribution in [0.1, 0.15) is 64.2 Å².